The first-order valence-electron chi connectivity index (χ1n) is 3.80. The second kappa shape index (κ2) is 4.06. The van der Waals surface area contributed by atoms with Crippen molar-refractivity contribution in [1.29, 1.82) is 0 Å². The van der Waals surface area contributed by atoms with Gasteiger partial charge in [0.1, 0.15) is 0 Å². The zero-order chi connectivity index (χ0) is 10.9. The summed E-state index contributed by atoms with van der Waals surface area (Å²) in [7, 11) is -3.77. The number of nitrogens with zero attached hydrogens (tertiary/aromatic N) is 1. The highest BCUT2D eigenvalue weighted by Crippen LogP contribution is 2.23. The topological polar surface area (TPSA) is 37.4 Å². The summed E-state index contributed by atoms with van der Waals surface area (Å²) in [5.41, 5.74) is 1.45. The summed E-state index contributed by atoms with van der Waals surface area (Å²) in [5, 5.41) is 0. The maximum atomic E-state index is 11.6. The van der Waals surface area contributed by atoms with E-state index < -0.39 is 10.0 Å². The lowest BCUT2D eigenvalue weighted by atomic mass is 10.2. The zero-order valence-electron chi connectivity index (χ0n) is 7.66. The molecule has 0 saturated heterocycles. The molecule has 0 unspecified atom stereocenters. The third kappa shape index (κ3) is 2.20. The van der Waals surface area contributed by atoms with Crippen LogP contribution in [0, 0.1) is 13.8 Å². The maximum Gasteiger partial charge on any atom is 0.270 e. The van der Waals surface area contributed by atoms with Gasteiger partial charge in [0.05, 0.1) is 4.90 Å². The molecule has 1 aromatic carbocycles. The van der Waals surface area contributed by atoms with Crippen molar-refractivity contribution in [1.82, 2.24) is 3.34 Å². The molecular formula is C8H9Cl2NO2S. The van der Waals surface area contributed by atoms with Crippen LogP contribution >= 0.6 is 23.6 Å². The van der Waals surface area contributed by atoms with Crippen molar-refractivity contribution < 1.29 is 8.42 Å². The van der Waals surface area contributed by atoms with Crippen molar-refractivity contribution in [3.63, 3.8) is 0 Å². The lowest BCUT2D eigenvalue weighted by Gasteiger charge is -2.09. The highest BCUT2D eigenvalue weighted by Gasteiger charge is 2.23. The van der Waals surface area contributed by atoms with Gasteiger partial charge in [0, 0.05) is 23.6 Å². The second-order valence-electron chi connectivity index (χ2n) is 2.95. The third-order valence-corrected chi connectivity index (χ3v) is 4.25. The molecule has 1 aromatic rings. The first-order valence-corrected chi connectivity index (χ1v) is 5.91. The molecule has 78 valence electrons. The average Bonchev–Trinajstić information content (AvgIpc) is 2.08. The smallest absolute Gasteiger partial charge is 0.204 e. The van der Waals surface area contributed by atoms with E-state index in [1.165, 1.54) is 6.07 Å². The summed E-state index contributed by atoms with van der Waals surface area (Å²) < 4.78 is 23.3. The second-order valence-corrected chi connectivity index (χ2v) is 5.95. The predicted octanol–water partition coefficient (Wildman–Crippen LogP) is 2.60. The number of aryl methyl sites for hydroxylation is 2. The summed E-state index contributed by atoms with van der Waals surface area (Å²) >= 11 is 10.5. The largest absolute Gasteiger partial charge is 0.270 e. The van der Waals surface area contributed by atoms with Crippen molar-refractivity contribution in [3.8, 4) is 0 Å². The predicted molar refractivity (Wildman–Crippen MR) is 56.6 cm³/mol. The zero-order valence-corrected chi connectivity index (χ0v) is 9.99. The molecule has 1 rings (SSSR count). The summed E-state index contributed by atoms with van der Waals surface area (Å²) in [6.07, 6.45) is 0. The van der Waals surface area contributed by atoms with E-state index in [0.717, 1.165) is 5.56 Å². The number of rotatable bonds is 2. The SMILES string of the molecule is Cc1ccc(C)c(S(=O)(=O)N(Cl)Cl)c1. The van der Waals surface area contributed by atoms with Crippen LogP contribution in [-0.4, -0.2) is 11.8 Å². The van der Waals surface area contributed by atoms with Gasteiger partial charge in [-0.2, -0.15) is 0 Å². The van der Waals surface area contributed by atoms with Crippen LogP contribution < -0.4 is 0 Å². The molecule has 3 nitrogen and oxygen atoms in total. The minimum absolute atomic E-state index is 0.127. The lowest BCUT2D eigenvalue weighted by molar-refractivity contribution is 0.579. The normalized spacial score (nSPS) is 12.1. The molecule has 0 N–H and O–H groups in total. The third-order valence-electron chi connectivity index (χ3n) is 1.80. The molecule has 0 aliphatic rings. The van der Waals surface area contributed by atoms with Crippen LogP contribution in [0.2, 0.25) is 0 Å². The van der Waals surface area contributed by atoms with E-state index in [9.17, 15) is 8.42 Å². The Bertz CT molecular complexity index is 443. The van der Waals surface area contributed by atoms with Gasteiger partial charge in [0.25, 0.3) is 10.0 Å². The van der Waals surface area contributed by atoms with Gasteiger partial charge in [-0.3, -0.25) is 0 Å². The van der Waals surface area contributed by atoms with Crippen LogP contribution in [0.1, 0.15) is 11.1 Å². The van der Waals surface area contributed by atoms with E-state index in [4.69, 9.17) is 23.6 Å². The fourth-order valence-electron chi connectivity index (χ4n) is 1.06. The molecule has 0 bridgehead atoms. The Kier molecular flexibility index (Phi) is 3.42. The van der Waals surface area contributed by atoms with Crippen LogP contribution in [0.25, 0.3) is 0 Å². The molecule has 0 atom stereocenters. The van der Waals surface area contributed by atoms with Crippen molar-refractivity contribution in [2.45, 2.75) is 18.7 Å². The Morgan fingerprint density at radius 2 is 1.79 bits per heavy atom. The van der Waals surface area contributed by atoms with Gasteiger partial charge in [0.15, 0.2) is 0 Å². The first kappa shape index (κ1) is 11.8. The fourth-order valence-corrected chi connectivity index (χ4v) is 2.46. The van der Waals surface area contributed by atoms with Crippen molar-refractivity contribution in [3.05, 3.63) is 29.3 Å². The Labute approximate surface area is 93.5 Å². The molecule has 0 saturated carbocycles. The number of hydrogen-bond donors (Lipinski definition) is 0. The van der Waals surface area contributed by atoms with Crippen molar-refractivity contribution in [2.24, 2.45) is 0 Å². The van der Waals surface area contributed by atoms with Gasteiger partial charge >= 0.3 is 0 Å². The molecular weight excluding hydrogens is 245 g/mol. The van der Waals surface area contributed by atoms with Gasteiger partial charge < -0.3 is 0 Å². The van der Waals surface area contributed by atoms with E-state index in [2.05, 4.69) is 0 Å². The molecule has 0 fully saturated rings. The highest BCUT2D eigenvalue weighted by molar-refractivity contribution is 7.91. The van der Waals surface area contributed by atoms with Gasteiger partial charge in [-0.1, -0.05) is 12.1 Å². The molecule has 14 heavy (non-hydrogen) atoms. The summed E-state index contributed by atoms with van der Waals surface area (Å²) in [5.74, 6) is 0. The van der Waals surface area contributed by atoms with Gasteiger partial charge in [-0.25, -0.2) is 8.42 Å². The Morgan fingerprint density at radius 3 is 2.29 bits per heavy atom. The molecule has 0 spiro atoms. The van der Waals surface area contributed by atoms with E-state index in [1.807, 2.05) is 6.07 Å². The quantitative estimate of drug-likeness (QED) is 0.761. The summed E-state index contributed by atoms with van der Waals surface area (Å²) in [6.45, 7) is 3.48. The first-order chi connectivity index (χ1) is 6.35. The number of halogens is 2. The van der Waals surface area contributed by atoms with Crippen LogP contribution in [0.4, 0.5) is 0 Å². The van der Waals surface area contributed by atoms with Crippen LogP contribution in [-0.2, 0) is 10.0 Å². The van der Waals surface area contributed by atoms with Crippen molar-refractivity contribution in [2.75, 3.05) is 0 Å². The van der Waals surface area contributed by atoms with Crippen molar-refractivity contribution >= 4 is 33.6 Å². The standard InChI is InChI=1S/C8H9Cl2NO2S/c1-6-3-4-7(2)8(5-6)14(12,13)11(9)10/h3-5H,1-2H3. The molecule has 0 aliphatic heterocycles. The molecule has 6 heteroatoms. The fraction of sp³-hybridized carbons (Fsp3) is 0.250. The Hall–Kier alpha value is -0.290. The van der Waals surface area contributed by atoms with Crippen LogP contribution in [0.15, 0.2) is 23.1 Å². The minimum atomic E-state index is -3.77. The van der Waals surface area contributed by atoms with Crippen LogP contribution in [0.5, 0.6) is 0 Å². The minimum Gasteiger partial charge on any atom is -0.204 e. The summed E-state index contributed by atoms with van der Waals surface area (Å²) in [6, 6.07) is 5.06. The van der Waals surface area contributed by atoms with E-state index in [-0.39, 0.29) is 8.24 Å². The molecule has 0 heterocycles. The Balaban J connectivity index is 3.40. The number of sulfonamides is 1. The molecule has 0 aromatic heterocycles. The van der Waals surface area contributed by atoms with E-state index >= 15 is 0 Å². The molecule has 0 aliphatic carbocycles. The average molecular weight is 254 g/mol. The monoisotopic (exact) mass is 253 g/mol. The highest BCUT2D eigenvalue weighted by atomic mass is 35.5. The van der Waals surface area contributed by atoms with E-state index in [1.54, 1.807) is 19.9 Å². The van der Waals surface area contributed by atoms with E-state index in [0.29, 0.717) is 5.56 Å². The van der Waals surface area contributed by atoms with Gasteiger partial charge in [-0.15, -0.1) is 0 Å². The molecule has 0 amide bonds. The van der Waals surface area contributed by atoms with Crippen LogP contribution in [0.3, 0.4) is 0 Å². The number of hydrogen-bond acceptors (Lipinski definition) is 2. The maximum absolute atomic E-state index is 11.6. The molecule has 0 radical (unpaired) electrons. The number of benzene rings is 1. The van der Waals surface area contributed by atoms with Gasteiger partial charge in [0.2, 0.25) is 0 Å². The lowest BCUT2D eigenvalue weighted by Crippen LogP contribution is -2.13. The summed E-state index contributed by atoms with van der Waals surface area (Å²) in [4.78, 5) is 0.127. The Morgan fingerprint density at radius 1 is 1.21 bits per heavy atom. The van der Waals surface area contributed by atoms with Gasteiger partial charge in [-0.05, 0) is 34.4 Å².